The predicted octanol–water partition coefficient (Wildman–Crippen LogP) is -1.29. The topological polar surface area (TPSA) is 94.2 Å². The lowest BCUT2D eigenvalue weighted by Crippen LogP contribution is -2.75. The van der Waals surface area contributed by atoms with E-state index < -0.39 is 29.7 Å². The Balaban J connectivity index is 2.25. The van der Waals surface area contributed by atoms with Gasteiger partial charge in [0, 0.05) is 5.92 Å². The molecule has 2 saturated heterocycles. The number of ether oxygens (including phenoxy) is 2. The van der Waals surface area contributed by atoms with Gasteiger partial charge >= 0.3 is 0 Å². The Hall–Kier alpha value is -0.240. The average molecular weight is 205 g/mol. The Bertz CT molecular complexity index is 242. The average Bonchev–Trinajstić information content (AvgIpc) is 2.09. The summed E-state index contributed by atoms with van der Waals surface area (Å²) in [6.07, 6.45) is -1.47. The molecule has 14 heavy (non-hydrogen) atoms. The maximum Gasteiger partial charge on any atom is 0.242 e. The maximum absolute atomic E-state index is 9.86. The zero-order valence-electron chi connectivity index (χ0n) is 8.14. The fraction of sp³-hybridized carbons (Fsp3) is 1.00. The van der Waals surface area contributed by atoms with Crippen molar-refractivity contribution in [3.8, 4) is 0 Å². The van der Waals surface area contributed by atoms with E-state index in [1.54, 1.807) is 6.92 Å². The number of aliphatic hydroxyl groups excluding tert-OH is 1. The first-order valence-electron chi connectivity index (χ1n) is 4.53. The van der Waals surface area contributed by atoms with Gasteiger partial charge in [0.2, 0.25) is 5.79 Å². The van der Waals surface area contributed by atoms with E-state index in [4.69, 9.17) is 15.4 Å². The minimum atomic E-state index is -1.46. The summed E-state index contributed by atoms with van der Waals surface area (Å²) in [6.45, 7) is 3.26. The van der Waals surface area contributed by atoms with Crippen LogP contribution in [0.1, 0.15) is 13.8 Å². The number of aliphatic hydroxyl groups is 2. The summed E-state index contributed by atoms with van der Waals surface area (Å²) in [4.78, 5) is 4.66. The van der Waals surface area contributed by atoms with Crippen LogP contribution in [-0.4, -0.2) is 40.6 Å². The van der Waals surface area contributed by atoms with Crippen LogP contribution in [0.5, 0.6) is 0 Å². The molecule has 6 nitrogen and oxygen atoms in total. The molecule has 2 fully saturated rings. The van der Waals surface area contributed by atoms with E-state index in [-0.39, 0.29) is 6.61 Å². The van der Waals surface area contributed by atoms with Crippen molar-refractivity contribution in [2.24, 2.45) is 11.8 Å². The van der Waals surface area contributed by atoms with E-state index >= 15 is 0 Å². The standard InChI is InChI=1S/C8H15NO5/c1-4-5(10)6-8(14-9,3-12-6)13-7(4,2)11/h4-6,10-11H,3,9H2,1-2H3/t4-,5+,6+,7+,8-/m0/s1. The number of hydrogen-bond acceptors (Lipinski definition) is 6. The summed E-state index contributed by atoms with van der Waals surface area (Å²) in [7, 11) is 0. The third-order valence-electron chi connectivity index (χ3n) is 3.14. The van der Waals surface area contributed by atoms with Crippen molar-refractivity contribution < 1.29 is 24.5 Å². The van der Waals surface area contributed by atoms with Crippen LogP contribution in [0.3, 0.4) is 0 Å². The highest BCUT2D eigenvalue weighted by Gasteiger charge is 2.64. The van der Waals surface area contributed by atoms with E-state index in [1.165, 1.54) is 6.92 Å². The Morgan fingerprint density at radius 2 is 2.21 bits per heavy atom. The molecule has 2 heterocycles. The Labute approximate surface area is 81.5 Å². The fourth-order valence-electron chi connectivity index (χ4n) is 1.91. The fourth-order valence-corrected chi connectivity index (χ4v) is 1.91. The van der Waals surface area contributed by atoms with E-state index in [0.717, 1.165) is 0 Å². The second-order valence-corrected chi connectivity index (χ2v) is 4.10. The second kappa shape index (κ2) is 2.88. The van der Waals surface area contributed by atoms with Gasteiger partial charge in [-0.05, 0) is 6.92 Å². The lowest BCUT2D eigenvalue weighted by atomic mass is 9.82. The molecule has 0 unspecified atom stereocenters. The third kappa shape index (κ3) is 1.13. The van der Waals surface area contributed by atoms with Gasteiger partial charge in [-0.2, -0.15) is 0 Å². The van der Waals surface area contributed by atoms with Crippen molar-refractivity contribution in [2.45, 2.75) is 37.6 Å². The molecule has 5 atom stereocenters. The summed E-state index contributed by atoms with van der Waals surface area (Å²) in [5, 5.41) is 19.7. The summed E-state index contributed by atoms with van der Waals surface area (Å²) in [5.74, 6) is 1.96. The van der Waals surface area contributed by atoms with Crippen molar-refractivity contribution in [1.29, 1.82) is 0 Å². The molecule has 82 valence electrons. The Morgan fingerprint density at radius 1 is 1.57 bits per heavy atom. The largest absolute Gasteiger partial charge is 0.390 e. The molecule has 2 aliphatic rings. The Morgan fingerprint density at radius 3 is 2.64 bits per heavy atom. The van der Waals surface area contributed by atoms with E-state index in [0.29, 0.717) is 0 Å². The van der Waals surface area contributed by atoms with Gasteiger partial charge in [0.25, 0.3) is 0 Å². The molecular weight excluding hydrogens is 190 g/mol. The van der Waals surface area contributed by atoms with Crippen molar-refractivity contribution in [3.05, 3.63) is 0 Å². The number of fused-ring (bicyclic) bond motifs is 1. The van der Waals surface area contributed by atoms with Crippen LogP contribution in [0, 0.1) is 5.92 Å². The smallest absolute Gasteiger partial charge is 0.242 e. The first-order chi connectivity index (χ1) is 6.43. The second-order valence-electron chi connectivity index (χ2n) is 4.10. The normalized spacial score (nSPS) is 57.6. The SMILES string of the molecule is C[C@H]1[C@@H](O)[C@H]2OC[C@@]2(ON)O[C@@]1(C)O. The molecule has 0 amide bonds. The van der Waals surface area contributed by atoms with Crippen molar-refractivity contribution >= 4 is 0 Å². The molecule has 0 aromatic heterocycles. The van der Waals surface area contributed by atoms with Gasteiger partial charge in [0.05, 0.1) is 6.10 Å². The molecule has 0 aromatic carbocycles. The number of rotatable bonds is 1. The summed E-state index contributed by atoms with van der Waals surface area (Å²) in [5.41, 5.74) is 0. The quantitative estimate of drug-likeness (QED) is 0.461. The van der Waals surface area contributed by atoms with Crippen LogP contribution in [0.2, 0.25) is 0 Å². The molecule has 0 radical (unpaired) electrons. The highest BCUT2D eigenvalue weighted by atomic mass is 16.8. The van der Waals surface area contributed by atoms with Crippen molar-refractivity contribution in [2.75, 3.05) is 6.61 Å². The highest BCUT2D eigenvalue weighted by Crippen LogP contribution is 2.45. The zero-order chi connectivity index (χ0) is 10.6. The molecule has 2 rings (SSSR count). The number of nitrogens with two attached hydrogens (primary N) is 1. The molecule has 0 spiro atoms. The van der Waals surface area contributed by atoms with Gasteiger partial charge in [-0.3, -0.25) is 4.84 Å². The molecule has 6 heteroatoms. The van der Waals surface area contributed by atoms with Crippen LogP contribution >= 0.6 is 0 Å². The molecule has 4 N–H and O–H groups in total. The van der Waals surface area contributed by atoms with Crippen LogP contribution < -0.4 is 5.90 Å². The van der Waals surface area contributed by atoms with E-state index in [1.807, 2.05) is 0 Å². The van der Waals surface area contributed by atoms with E-state index in [2.05, 4.69) is 4.84 Å². The minimum Gasteiger partial charge on any atom is -0.390 e. The lowest BCUT2D eigenvalue weighted by Gasteiger charge is -2.57. The maximum atomic E-state index is 9.86. The van der Waals surface area contributed by atoms with Crippen LogP contribution in [0.25, 0.3) is 0 Å². The molecule has 0 aromatic rings. The van der Waals surface area contributed by atoms with Gasteiger partial charge < -0.3 is 19.7 Å². The molecule has 0 bridgehead atoms. The summed E-state index contributed by atoms with van der Waals surface area (Å²) < 4.78 is 10.4. The first kappa shape index (κ1) is 10.3. The van der Waals surface area contributed by atoms with Crippen molar-refractivity contribution in [3.63, 3.8) is 0 Å². The molecule has 0 saturated carbocycles. The van der Waals surface area contributed by atoms with Crippen molar-refractivity contribution in [1.82, 2.24) is 0 Å². The van der Waals surface area contributed by atoms with Crippen LogP contribution in [0.15, 0.2) is 0 Å². The monoisotopic (exact) mass is 205 g/mol. The molecule has 2 aliphatic heterocycles. The van der Waals surface area contributed by atoms with Gasteiger partial charge in [-0.1, -0.05) is 6.92 Å². The highest BCUT2D eigenvalue weighted by molar-refractivity contribution is 5.02. The lowest BCUT2D eigenvalue weighted by molar-refractivity contribution is -0.484. The third-order valence-corrected chi connectivity index (χ3v) is 3.14. The van der Waals surface area contributed by atoms with Gasteiger partial charge in [0.1, 0.15) is 12.7 Å². The van der Waals surface area contributed by atoms with Crippen LogP contribution in [0.4, 0.5) is 0 Å². The predicted molar refractivity (Wildman–Crippen MR) is 44.6 cm³/mol. The molecule has 0 aliphatic carbocycles. The van der Waals surface area contributed by atoms with Gasteiger partial charge in [0.15, 0.2) is 5.79 Å². The minimum absolute atomic E-state index is 0.119. The summed E-state index contributed by atoms with van der Waals surface area (Å²) >= 11 is 0. The molecular formula is C8H15NO5. The van der Waals surface area contributed by atoms with Gasteiger partial charge in [-0.25, -0.2) is 5.90 Å². The van der Waals surface area contributed by atoms with Gasteiger partial charge in [-0.15, -0.1) is 0 Å². The zero-order valence-corrected chi connectivity index (χ0v) is 8.14. The number of hydrogen-bond donors (Lipinski definition) is 3. The van der Waals surface area contributed by atoms with Crippen LogP contribution in [-0.2, 0) is 14.3 Å². The van der Waals surface area contributed by atoms with E-state index in [9.17, 15) is 10.2 Å². The first-order valence-corrected chi connectivity index (χ1v) is 4.53. The summed E-state index contributed by atoms with van der Waals surface area (Å²) in [6, 6.07) is 0. The Kier molecular flexibility index (Phi) is 2.11.